The van der Waals surface area contributed by atoms with Gasteiger partial charge in [-0.15, -0.1) is 0 Å². The van der Waals surface area contributed by atoms with Gasteiger partial charge >= 0.3 is 0 Å². The molecule has 0 saturated carbocycles. The number of thiazole rings is 1. The first-order chi connectivity index (χ1) is 12.1. The van der Waals surface area contributed by atoms with Crippen molar-refractivity contribution in [1.29, 1.82) is 0 Å². The fraction of sp³-hybridized carbons (Fsp3) is 0.0588. The van der Waals surface area contributed by atoms with Gasteiger partial charge in [0.05, 0.1) is 21.5 Å². The zero-order valence-corrected chi connectivity index (χ0v) is 14.1. The molecule has 0 unspecified atom stereocenters. The predicted molar refractivity (Wildman–Crippen MR) is 98.1 cm³/mol. The number of nitrogens with two attached hydrogens (primary N) is 1. The first-order valence-corrected chi connectivity index (χ1v) is 8.35. The summed E-state index contributed by atoms with van der Waals surface area (Å²) in [6.45, 7) is 1.94. The molecule has 0 aliphatic rings. The second-order valence-electron chi connectivity index (χ2n) is 5.50. The molecule has 4 aromatic rings. The number of rotatable bonds is 3. The lowest BCUT2D eigenvalue weighted by Gasteiger charge is -2.10. The number of carbonyl (C=O) groups excluding carboxylic acids is 1. The minimum Gasteiger partial charge on any atom is -0.375 e. The van der Waals surface area contributed by atoms with Crippen molar-refractivity contribution in [1.82, 2.24) is 19.7 Å². The van der Waals surface area contributed by atoms with Crippen molar-refractivity contribution in [3.8, 4) is 5.69 Å². The summed E-state index contributed by atoms with van der Waals surface area (Å²) >= 11 is 1.40. The number of aryl methyl sites for hydroxylation is 1. The Balaban J connectivity index is 1.69. The first-order valence-electron chi connectivity index (χ1n) is 7.54. The molecule has 0 aliphatic heterocycles. The van der Waals surface area contributed by atoms with Crippen LogP contribution in [0.2, 0.25) is 0 Å². The van der Waals surface area contributed by atoms with E-state index in [1.54, 1.807) is 17.1 Å². The second-order valence-corrected chi connectivity index (χ2v) is 6.57. The van der Waals surface area contributed by atoms with Crippen molar-refractivity contribution >= 4 is 38.3 Å². The summed E-state index contributed by atoms with van der Waals surface area (Å²) in [7, 11) is 0. The van der Waals surface area contributed by atoms with Gasteiger partial charge < -0.3 is 11.1 Å². The predicted octanol–water partition coefficient (Wildman–Crippen LogP) is 3.02. The van der Waals surface area contributed by atoms with E-state index in [1.165, 1.54) is 17.7 Å². The lowest BCUT2D eigenvalue weighted by atomic mass is 10.1. The van der Waals surface area contributed by atoms with Crippen LogP contribution in [0.1, 0.15) is 15.9 Å². The third-order valence-electron chi connectivity index (χ3n) is 3.77. The van der Waals surface area contributed by atoms with E-state index in [0.717, 1.165) is 15.8 Å². The Morgan fingerprint density at radius 2 is 2.12 bits per heavy atom. The van der Waals surface area contributed by atoms with Crippen LogP contribution in [0.25, 0.3) is 15.9 Å². The molecule has 0 bridgehead atoms. The van der Waals surface area contributed by atoms with E-state index in [2.05, 4.69) is 20.4 Å². The Morgan fingerprint density at radius 3 is 2.92 bits per heavy atom. The van der Waals surface area contributed by atoms with Crippen LogP contribution in [0.5, 0.6) is 0 Å². The van der Waals surface area contributed by atoms with E-state index >= 15 is 0 Å². The van der Waals surface area contributed by atoms with E-state index < -0.39 is 0 Å². The third-order valence-corrected chi connectivity index (χ3v) is 4.61. The van der Waals surface area contributed by atoms with Crippen LogP contribution >= 0.6 is 11.3 Å². The SMILES string of the molecule is Cc1cc(NC(=O)c2ccccc2-n2cncn2)cc2sc(N)nc12. The van der Waals surface area contributed by atoms with Crippen molar-refractivity contribution < 1.29 is 4.79 Å². The molecule has 8 heteroatoms. The minimum absolute atomic E-state index is 0.220. The zero-order valence-electron chi connectivity index (χ0n) is 13.3. The van der Waals surface area contributed by atoms with Crippen molar-refractivity contribution in [2.45, 2.75) is 6.92 Å². The van der Waals surface area contributed by atoms with Crippen molar-refractivity contribution in [3.63, 3.8) is 0 Å². The Morgan fingerprint density at radius 1 is 1.28 bits per heavy atom. The molecule has 0 atom stereocenters. The van der Waals surface area contributed by atoms with Crippen LogP contribution in [0.15, 0.2) is 49.1 Å². The number of carbonyl (C=O) groups is 1. The van der Waals surface area contributed by atoms with E-state index in [0.29, 0.717) is 22.1 Å². The van der Waals surface area contributed by atoms with E-state index in [9.17, 15) is 4.79 Å². The number of fused-ring (bicyclic) bond motifs is 1. The smallest absolute Gasteiger partial charge is 0.257 e. The summed E-state index contributed by atoms with van der Waals surface area (Å²) < 4.78 is 2.50. The van der Waals surface area contributed by atoms with Crippen LogP contribution in [0.4, 0.5) is 10.8 Å². The Labute approximate surface area is 147 Å². The van der Waals surface area contributed by atoms with Crippen molar-refractivity contribution in [3.05, 3.63) is 60.2 Å². The number of para-hydroxylation sites is 1. The number of anilines is 2. The summed E-state index contributed by atoms with van der Waals surface area (Å²) in [5.74, 6) is -0.220. The normalized spacial score (nSPS) is 10.9. The van der Waals surface area contributed by atoms with Crippen molar-refractivity contribution in [2.24, 2.45) is 0 Å². The Kier molecular flexibility index (Phi) is 3.66. The molecule has 2 aromatic heterocycles. The Hall–Kier alpha value is -3.26. The number of benzene rings is 2. The molecular formula is C17H14N6OS. The summed E-state index contributed by atoms with van der Waals surface area (Å²) in [5.41, 5.74) is 9.48. The van der Waals surface area contributed by atoms with Gasteiger partial charge in [0.2, 0.25) is 0 Å². The quantitative estimate of drug-likeness (QED) is 0.592. The fourth-order valence-corrected chi connectivity index (χ4v) is 3.53. The van der Waals surface area contributed by atoms with Crippen LogP contribution in [-0.2, 0) is 0 Å². The molecule has 0 aliphatic carbocycles. The number of nitrogens with zero attached hydrogens (tertiary/aromatic N) is 4. The van der Waals surface area contributed by atoms with Gasteiger partial charge in [-0.1, -0.05) is 23.5 Å². The third kappa shape index (κ3) is 2.83. The molecule has 0 spiro atoms. The Bertz CT molecular complexity index is 1070. The first kappa shape index (κ1) is 15.3. The molecule has 2 aromatic carbocycles. The van der Waals surface area contributed by atoms with Gasteiger partial charge in [-0.25, -0.2) is 14.6 Å². The average Bonchev–Trinajstić information content (AvgIpc) is 3.24. The number of hydrogen-bond donors (Lipinski definition) is 2. The molecular weight excluding hydrogens is 336 g/mol. The monoisotopic (exact) mass is 350 g/mol. The molecule has 0 radical (unpaired) electrons. The number of hydrogen-bond acceptors (Lipinski definition) is 6. The standard InChI is InChI=1S/C17H14N6OS/c1-10-6-11(7-14-15(10)22-17(18)25-14)21-16(24)12-4-2-3-5-13(12)23-9-19-8-20-23/h2-9H,1H3,(H2,18,22)(H,21,24). The molecule has 0 fully saturated rings. The highest BCUT2D eigenvalue weighted by molar-refractivity contribution is 7.22. The number of nitrogens with one attached hydrogen (secondary N) is 1. The summed E-state index contributed by atoms with van der Waals surface area (Å²) in [6.07, 6.45) is 2.99. The van der Waals surface area contributed by atoms with Gasteiger partial charge in [-0.2, -0.15) is 5.10 Å². The van der Waals surface area contributed by atoms with Gasteiger partial charge in [0.15, 0.2) is 5.13 Å². The van der Waals surface area contributed by atoms with Gasteiger partial charge in [0.1, 0.15) is 12.7 Å². The largest absolute Gasteiger partial charge is 0.375 e. The maximum absolute atomic E-state index is 12.8. The topological polar surface area (TPSA) is 98.7 Å². The molecule has 124 valence electrons. The van der Waals surface area contributed by atoms with E-state index in [-0.39, 0.29) is 5.91 Å². The molecule has 0 saturated heterocycles. The van der Waals surface area contributed by atoms with Gasteiger partial charge in [0.25, 0.3) is 5.91 Å². The van der Waals surface area contributed by atoms with Crippen molar-refractivity contribution in [2.75, 3.05) is 11.1 Å². The van der Waals surface area contributed by atoms with Crippen LogP contribution in [0.3, 0.4) is 0 Å². The molecule has 3 N–H and O–H groups in total. The van der Waals surface area contributed by atoms with Gasteiger partial charge in [-0.05, 0) is 36.8 Å². The minimum atomic E-state index is -0.220. The molecule has 4 rings (SSSR count). The fourth-order valence-electron chi connectivity index (χ4n) is 2.68. The van der Waals surface area contributed by atoms with E-state index in [1.807, 2.05) is 37.3 Å². The summed E-state index contributed by atoms with van der Waals surface area (Å²) in [4.78, 5) is 21.0. The highest BCUT2D eigenvalue weighted by atomic mass is 32.1. The summed E-state index contributed by atoms with van der Waals surface area (Å²) in [5, 5.41) is 7.55. The maximum atomic E-state index is 12.8. The molecule has 25 heavy (non-hydrogen) atoms. The molecule has 7 nitrogen and oxygen atoms in total. The molecule has 1 amide bonds. The van der Waals surface area contributed by atoms with Crippen LogP contribution in [-0.4, -0.2) is 25.7 Å². The second kappa shape index (κ2) is 5.99. The zero-order chi connectivity index (χ0) is 17.4. The number of amides is 1. The number of aromatic nitrogens is 4. The van der Waals surface area contributed by atoms with Crippen LogP contribution in [0, 0.1) is 6.92 Å². The van der Waals surface area contributed by atoms with E-state index in [4.69, 9.17) is 5.73 Å². The summed E-state index contributed by atoms with van der Waals surface area (Å²) in [6, 6.07) is 11.0. The molecule has 2 heterocycles. The van der Waals surface area contributed by atoms with Gasteiger partial charge in [0, 0.05) is 5.69 Å². The van der Waals surface area contributed by atoms with Crippen LogP contribution < -0.4 is 11.1 Å². The highest BCUT2D eigenvalue weighted by Crippen LogP contribution is 2.30. The lowest BCUT2D eigenvalue weighted by Crippen LogP contribution is -2.15. The average molecular weight is 350 g/mol. The number of nitrogen functional groups attached to an aromatic ring is 1. The maximum Gasteiger partial charge on any atom is 0.257 e. The van der Waals surface area contributed by atoms with Gasteiger partial charge in [-0.3, -0.25) is 4.79 Å². The lowest BCUT2D eigenvalue weighted by molar-refractivity contribution is 0.102. The highest BCUT2D eigenvalue weighted by Gasteiger charge is 2.14.